The highest BCUT2D eigenvalue weighted by Gasteiger charge is 2.42. The molecule has 1 N–H and O–H groups in total. The maximum Gasteiger partial charge on any atom is 0.138 e. The van der Waals surface area contributed by atoms with Crippen LogP contribution in [-0.2, 0) is 4.74 Å². The topological polar surface area (TPSA) is 43.4 Å². The molecule has 1 atom stereocenters. The average molecular weight is 292 g/mol. The summed E-state index contributed by atoms with van der Waals surface area (Å²) in [7, 11) is 2.00. The molecule has 1 saturated carbocycles. The molecular weight excluding hydrogens is 264 g/mol. The minimum Gasteiger partial charge on any atom is -0.489 e. The second kappa shape index (κ2) is 7.23. The molecule has 1 aromatic rings. The van der Waals surface area contributed by atoms with Gasteiger partial charge < -0.3 is 14.8 Å². The predicted octanol–water partition coefficient (Wildman–Crippen LogP) is 3.48. The highest BCUT2D eigenvalue weighted by atomic mass is 16.5. The van der Waals surface area contributed by atoms with E-state index in [4.69, 9.17) is 9.47 Å². The molecule has 0 amide bonds. The molecule has 118 valence electrons. The number of likely N-dealkylation sites (N-methyl/N-ethyl adjacent to an activating group) is 1. The van der Waals surface area contributed by atoms with Crippen molar-refractivity contribution in [2.75, 3.05) is 13.7 Å². The van der Waals surface area contributed by atoms with Crippen molar-refractivity contribution in [3.05, 3.63) is 24.0 Å². The molecule has 0 spiro atoms. The summed E-state index contributed by atoms with van der Waals surface area (Å²) in [6.07, 6.45) is 8.51. The predicted molar refractivity (Wildman–Crippen MR) is 84.6 cm³/mol. The van der Waals surface area contributed by atoms with Gasteiger partial charge in [0.25, 0.3) is 0 Å². The van der Waals surface area contributed by atoms with Gasteiger partial charge in [-0.25, -0.2) is 0 Å². The summed E-state index contributed by atoms with van der Waals surface area (Å²) in [6, 6.07) is 2.25. The Hall–Kier alpha value is -1.13. The van der Waals surface area contributed by atoms with E-state index in [0.29, 0.717) is 0 Å². The first-order valence-electron chi connectivity index (χ1n) is 8.04. The first-order valence-corrected chi connectivity index (χ1v) is 8.04. The molecule has 21 heavy (non-hydrogen) atoms. The zero-order valence-electron chi connectivity index (χ0n) is 13.7. The van der Waals surface area contributed by atoms with Gasteiger partial charge in [-0.3, -0.25) is 4.98 Å². The Labute approximate surface area is 128 Å². The van der Waals surface area contributed by atoms with Crippen LogP contribution in [0, 0.1) is 0 Å². The lowest BCUT2D eigenvalue weighted by Gasteiger charge is -2.37. The molecule has 4 nitrogen and oxygen atoms in total. The molecule has 0 radical (unpaired) electrons. The number of nitrogens with zero attached hydrogens (tertiary/aromatic N) is 1. The smallest absolute Gasteiger partial charge is 0.138 e. The molecule has 1 unspecified atom stereocenters. The molecule has 0 aromatic carbocycles. The molecule has 0 bridgehead atoms. The Bertz CT molecular complexity index is 442. The second-order valence-electron chi connectivity index (χ2n) is 6.05. The monoisotopic (exact) mass is 292 g/mol. The highest BCUT2D eigenvalue weighted by Crippen LogP contribution is 2.43. The number of rotatable bonds is 7. The van der Waals surface area contributed by atoms with Crippen molar-refractivity contribution in [1.82, 2.24) is 10.3 Å². The number of hydrogen-bond donors (Lipinski definition) is 1. The zero-order valence-corrected chi connectivity index (χ0v) is 13.7. The SMILES string of the molecule is CCOC1(C(NC)c2cncc(OC(C)C)c2)CCCC1. The van der Waals surface area contributed by atoms with Gasteiger partial charge in [0.1, 0.15) is 5.75 Å². The lowest BCUT2D eigenvalue weighted by Crippen LogP contribution is -2.43. The number of ether oxygens (including phenoxy) is 2. The van der Waals surface area contributed by atoms with Gasteiger partial charge >= 0.3 is 0 Å². The first kappa shape index (κ1) is 16.2. The lowest BCUT2D eigenvalue weighted by molar-refractivity contribution is -0.0611. The molecule has 1 aliphatic rings. The van der Waals surface area contributed by atoms with E-state index in [0.717, 1.165) is 30.8 Å². The van der Waals surface area contributed by atoms with Crippen molar-refractivity contribution in [3.8, 4) is 5.75 Å². The molecule has 2 rings (SSSR count). The van der Waals surface area contributed by atoms with Crippen molar-refractivity contribution in [3.63, 3.8) is 0 Å². The van der Waals surface area contributed by atoms with E-state index in [-0.39, 0.29) is 17.7 Å². The minimum absolute atomic E-state index is 0.109. The summed E-state index contributed by atoms with van der Waals surface area (Å²) in [5, 5.41) is 3.45. The third-order valence-corrected chi connectivity index (χ3v) is 4.14. The van der Waals surface area contributed by atoms with E-state index in [1.54, 1.807) is 6.20 Å². The van der Waals surface area contributed by atoms with Gasteiger partial charge in [0.15, 0.2) is 0 Å². The fraction of sp³-hybridized carbons (Fsp3) is 0.706. The number of aromatic nitrogens is 1. The summed E-state index contributed by atoms with van der Waals surface area (Å²) in [5.41, 5.74) is 1.03. The van der Waals surface area contributed by atoms with E-state index in [9.17, 15) is 0 Å². The highest BCUT2D eigenvalue weighted by molar-refractivity contribution is 5.28. The van der Waals surface area contributed by atoms with Crippen LogP contribution < -0.4 is 10.1 Å². The fourth-order valence-electron chi connectivity index (χ4n) is 3.44. The van der Waals surface area contributed by atoms with Crippen LogP contribution in [0.15, 0.2) is 18.5 Å². The van der Waals surface area contributed by atoms with Gasteiger partial charge in [0.05, 0.1) is 23.9 Å². The lowest BCUT2D eigenvalue weighted by atomic mass is 9.87. The summed E-state index contributed by atoms with van der Waals surface area (Å²) < 4.78 is 12.0. The maximum absolute atomic E-state index is 6.19. The summed E-state index contributed by atoms with van der Waals surface area (Å²) in [6.45, 7) is 6.87. The molecule has 0 saturated heterocycles. The van der Waals surface area contributed by atoms with Crippen molar-refractivity contribution < 1.29 is 9.47 Å². The Balaban J connectivity index is 2.27. The standard InChI is InChI=1S/C17H28N2O2/c1-5-20-17(8-6-7-9-17)16(18-4)14-10-15(12-19-11-14)21-13(2)3/h10-13,16,18H,5-9H2,1-4H3. The number of nitrogens with one attached hydrogen (secondary N) is 1. The van der Waals surface area contributed by atoms with Crippen LogP contribution in [0.4, 0.5) is 0 Å². The van der Waals surface area contributed by atoms with Gasteiger partial charge in [-0.05, 0) is 52.3 Å². The second-order valence-corrected chi connectivity index (χ2v) is 6.05. The molecule has 4 heteroatoms. The summed E-state index contributed by atoms with van der Waals surface area (Å²) in [5.74, 6) is 0.826. The Morgan fingerprint density at radius 2 is 2.00 bits per heavy atom. The van der Waals surface area contributed by atoms with Gasteiger partial charge in [0, 0.05) is 12.8 Å². The van der Waals surface area contributed by atoms with Crippen LogP contribution >= 0.6 is 0 Å². The van der Waals surface area contributed by atoms with E-state index in [1.165, 1.54) is 12.8 Å². The molecule has 1 aliphatic carbocycles. The summed E-state index contributed by atoms with van der Waals surface area (Å²) >= 11 is 0. The maximum atomic E-state index is 6.19. The van der Waals surface area contributed by atoms with E-state index in [1.807, 2.05) is 27.1 Å². The van der Waals surface area contributed by atoms with Gasteiger partial charge in [-0.1, -0.05) is 12.8 Å². The Morgan fingerprint density at radius 1 is 1.29 bits per heavy atom. The molecule has 1 heterocycles. The quantitative estimate of drug-likeness (QED) is 0.835. The van der Waals surface area contributed by atoms with Crippen LogP contribution in [0.3, 0.4) is 0 Å². The van der Waals surface area contributed by atoms with Crippen molar-refractivity contribution in [1.29, 1.82) is 0 Å². The molecule has 1 fully saturated rings. The fourth-order valence-corrected chi connectivity index (χ4v) is 3.44. The van der Waals surface area contributed by atoms with Gasteiger partial charge in [-0.2, -0.15) is 0 Å². The third kappa shape index (κ3) is 3.74. The van der Waals surface area contributed by atoms with Crippen molar-refractivity contribution in [2.45, 2.75) is 64.2 Å². The van der Waals surface area contributed by atoms with Gasteiger partial charge in [-0.15, -0.1) is 0 Å². The van der Waals surface area contributed by atoms with Crippen LogP contribution in [0.5, 0.6) is 5.75 Å². The molecular formula is C17H28N2O2. The molecule has 1 aromatic heterocycles. The number of hydrogen-bond acceptors (Lipinski definition) is 4. The normalized spacial score (nSPS) is 18.9. The Kier molecular flexibility index (Phi) is 5.59. The van der Waals surface area contributed by atoms with E-state index < -0.39 is 0 Å². The van der Waals surface area contributed by atoms with Crippen molar-refractivity contribution in [2.24, 2.45) is 0 Å². The van der Waals surface area contributed by atoms with E-state index >= 15 is 0 Å². The van der Waals surface area contributed by atoms with Gasteiger partial charge in [0.2, 0.25) is 0 Å². The summed E-state index contributed by atoms with van der Waals surface area (Å²) in [4.78, 5) is 4.35. The van der Waals surface area contributed by atoms with Crippen LogP contribution in [0.2, 0.25) is 0 Å². The molecule has 0 aliphatic heterocycles. The van der Waals surface area contributed by atoms with E-state index in [2.05, 4.69) is 23.3 Å². The minimum atomic E-state index is -0.109. The first-order chi connectivity index (χ1) is 10.1. The van der Waals surface area contributed by atoms with Crippen molar-refractivity contribution >= 4 is 0 Å². The average Bonchev–Trinajstić information content (AvgIpc) is 2.89. The Morgan fingerprint density at radius 3 is 2.57 bits per heavy atom. The van der Waals surface area contributed by atoms with Crippen LogP contribution in [0.25, 0.3) is 0 Å². The largest absolute Gasteiger partial charge is 0.489 e. The zero-order chi connectivity index (χ0) is 15.3. The number of pyridine rings is 1. The third-order valence-electron chi connectivity index (χ3n) is 4.14. The van der Waals surface area contributed by atoms with Crippen LogP contribution in [-0.4, -0.2) is 30.3 Å². The van der Waals surface area contributed by atoms with Crippen LogP contribution in [0.1, 0.15) is 58.1 Å².